The number of aromatic nitrogens is 2. The molecule has 1 saturated heterocycles. The number of benzene rings is 2. The van der Waals surface area contributed by atoms with Crippen LogP contribution in [0.3, 0.4) is 0 Å². The van der Waals surface area contributed by atoms with Gasteiger partial charge >= 0.3 is 0 Å². The van der Waals surface area contributed by atoms with Gasteiger partial charge in [0.15, 0.2) is 0 Å². The Morgan fingerprint density at radius 3 is 2.66 bits per heavy atom. The van der Waals surface area contributed by atoms with Crippen LogP contribution in [0.25, 0.3) is 16.9 Å². The van der Waals surface area contributed by atoms with Crippen LogP contribution in [0.4, 0.5) is 11.4 Å². The maximum absolute atomic E-state index is 12.9. The maximum atomic E-state index is 12.9. The third kappa shape index (κ3) is 3.87. The second kappa shape index (κ2) is 7.96. The lowest BCUT2D eigenvalue weighted by Crippen LogP contribution is -2.28. The Balaban J connectivity index is 1.31. The Labute approximate surface area is 186 Å². The van der Waals surface area contributed by atoms with Gasteiger partial charge in [-0.3, -0.25) is 9.59 Å². The number of rotatable bonds is 4. The summed E-state index contributed by atoms with van der Waals surface area (Å²) in [4.78, 5) is 31.8. The first kappa shape index (κ1) is 20.0. The number of carbonyl (C=O) groups excluding carboxylic acids is 2. The summed E-state index contributed by atoms with van der Waals surface area (Å²) in [6.07, 6.45) is 4.18. The molecule has 2 aromatic heterocycles. The summed E-state index contributed by atoms with van der Waals surface area (Å²) >= 11 is 0. The van der Waals surface area contributed by atoms with Crippen LogP contribution in [0, 0.1) is 19.8 Å². The van der Waals surface area contributed by atoms with Crippen molar-refractivity contribution in [2.45, 2.75) is 20.3 Å². The minimum Gasteiger partial charge on any atom is -0.326 e. The summed E-state index contributed by atoms with van der Waals surface area (Å²) in [5.74, 6) is -0.552. The number of nitrogens with one attached hydrogen (secondary N) is 1. The predicted molar refractivity (Wildman–Crippen MR) is 126 cm³/mol. The van der Waals surface area contributed by atoms with Gasteiger partial charge in [0.1, 0.15) is 5.65 Å². The van der Waals surface area contributed by atoms with Crippen molar-refractivity contribution in [3.63, 3.8) is 0 Å². The Bertz CT molecular complexity index is 1320. The molecule has 1 N–H and O–H groups in total. The van der Waals surface area contributed by atoms with Crippen molar-refractivity contribution in [1.29, 1.82) is 0 Å². The van der Waals surface area contributed by atoms with Gasteiger partial charge in [-0.25, -0.2) is 4.98 Å². The molecule has 160 valence electrons. The van der Waals surface area contributed by atoms with E-state index in [9.17, 15) is 9.59 Å². The van der Waals surface area contributed by atoms with E-state index in [4.69, 9.17) is 4.98 Å². The Morgan fingerprint density at radius 2 is 1.84 bits per heavy atom. The van der Waals surface area contributed by atoms with Crippen molar-refractivity contribution in [2.75, 3.05) is 16.8 Å². The molecule has 6 nitrogen and oxygen atoms in total. The second-order valence-electron chi connectivity index (χ2n) is 8.41. The van der Waals surface area contributed by atoms with E-state index < -0.39 is 0 Å². The Hall–Kier alpha value is -3.93. The Morgan fingerprint density at radius 1 is 1.03 bits per heavy atom. The monoisotopic (exact) mass is 424 g/mol. The summed E-state index contributed by atoms with van der Waals surface area (Å²) < 4.78 is 1.98. The number of carbonyl (C=O) groups is 2. The van der Waals surface area contributed by atoms with Crippen molar-refractivity contribution in [3.05, 3.63) is 84.2 Å². The van der Waals surface area contributed by atoms with Crippen LogP contribution in [0.15, 0.2) is 73.1 Å². The third-order valence-electron chi connectivity index (χ3n) is 5.88. The van der Waals surface area contributed by atoms with E-state index in [1.807, 2.05) is 91.3 Å². The number of imidazole rings is 1. The van der Waals surface area contributed by atoms with Crippen molar-refractivity contribution >= 4 is 28.8 Å². The first-order valence-corrected chi connectivity index (χ1v) is 10.7. The number of anilines is 2. The fourth-order valence-electron chi connectivity index (χ4n) is 4.08. The highest BCUT2D eigenvalue weighted by Crippen LogP contribution is 2.27. The fourth-order valence-corrected chi connectivity index (χ4v) is 4.08. The van der Waals surface area contributed by atoms with Crippen LogP contribution in [0.2, 0.25) is 0 Å². The first-order valence-electron chi connectivity index (χ1n) is 10.7. The van der Waals surface area contributed by atoms with E-state index in [0.29, 0.717) is 12.2 Å². The van der Waals surface area contributed by atoms with Crippen LogP contribution < -0.4 is 10.2 Å². The molecule has 0 radical (unpaired) electrons. The molecule has 2 aromatic carbocycles. The van der Waals surface area contributed by atoms with Gasteiger partial charge in [-0.15, -0.1) is 0 Å². The molecule has 32 heavy (non-hydrogen) atoms. The minimum atomic E-state index is -0.384. The first-order chi connectivity index (χ1) is 15.5. The smallest absolute Gasteiger partial charge is 0.229 e. The van der Waals surface area contributed by atoms with Gasteiger partial charge in [0.05, 0.1) is 11.6 Å². The molecule has 0 saturated carbocycles. The van der Waals surface area contributed by atoms with E-state index in [1.165, 1.54) is 0 Å². The fraction of sp³-hybridized carbons (Fsp3) is 0.192. The van der Waals surface area contributed by atoms with Crippen molar-refractivity contribution in [3.8, 4) is 11.3 Å². The summed E-state index contributed by atoms with van der Waals surface area (Å²) in [7, 11) is 0. The summed E-state index contributed by atoms with van der Waals surface area (Å²) in [6.45, 7) is 4.44. The number of nitrogens with zero attached hydrogens (tertiary/aromatic N) is 3. The van der Waals surface area contributed by atoms with Crippen LogP contribution in [0.1, 0.15) is 17.5 Å². The number of amides is 2. The lowest BCUT2D eigenvalue weighted by Gasteiger charge is -2.17. The van der Waals surface area contributed by atoms with Crippen molar-refractivity contribution < 1.29 is 9.59 Å². The van der Waals surface area contributed by atoms with E-state index in [0.717, 1.165) is 33.7 Å². The highest BCUT2D eigenvalue weighted by molar-refractivity contribution is 6.03. The molecule has 6 heteroatoms. The zero-order valence-electron chi connectivity index (χ0n) is 18.1. The Kier molecular flexibility index (Phi) is 4.98. The molecule has 1 fully saturated rings. The highest BCUT2D eigenvalue weighted by Gasteiger charge is 2.35. The summed E-state index contributed by atoms with van der Waals surface area (Å²) in [5.41, 5.74) is 6.47. The maximum Gasteiger partial charge on any atom is 0.229 e. The average Bonchev–Trinajstić information content (AvgIpc) is 3.38. The molecular formula is C26H24N4O2. The topological polar surface area (TPSA) is 66.7 Å². The van der Waals surface area contributed by atoms with Gasteiger partial charge in [-0.05, 0) is 55.8 Å². The molecule has 2 amide bonds. The predicted octanol–water partition coefficient (Wildman–Crippen LogP) is 4.61. The molecule has 0 aliphatic carbocycles. The molecule has 4 aromatic rings. The molecule has 5 rings (SSSR count). The molecule has 0 unspecified atom stereocenters. The van der Waals surface area contributed by atoms with Gasteiger partial charge in [-0.2, -0.15) is 0 Å². The van der Waals surface area contributed by atoms with Gasteiger partial charge in [0, 0.05) is 42.3 Å². The van der Waals surface area contributed by atoms with E-state index in [2.05, 4.69) is 5.32 Å². The summed E-state index contributed by atoms with van der Waals surface area (Å²) in [6, 6.07) is 19.5. The minimum absolute atomic E-state index is 0.0252. The van der Waals surface area contributed by atoms with E-state index in [-0.39, 0.29) is 24.2 Å². The van der Waals surface area contributed by atoms with Crippen molar-refractivity contribution in [1.82, 2.24) is 9.38 Å². The number of hydrogen-bond acceptors (Lipinski definition) is 3. The number of aryl methyl sites for hydroxylation is 2. The molecule has 1 aliphatic heterocycles. The zero-order valence-corrected chi connectivity index (χ0v) is 18.1. The SMILES string of the molecule is Cc1ccc(N2C[C@@H](C(=O)Nc3cccc(-c4cn5ccc(C)cc5n4)c3)CC2=O)cc1. The third-order valence-corrected chi connectivity index (χ3v) is 5.88. The zero-order chi connectivity index (χ0) is 22.2. The highest BCUT2D eigenvalue weighted by atomic mass is 16.2. The molecule has 1 aliphatic rings. The number of pyridine rings is 1. The lowest BCUT2D eigenvalue weighted by molar-refractivity contribution is -0.122. The van der Waals surface area contributed by atoms with Crippen LogP contribution in [-0.4, -0.2) is 27.7 Å². The molecular weight excluding hydrogens is 400 g/mol. The number of fused-ring (bicyclic) bond motifs is 1. The van der Waals surface area contributed by atoms with Crippen LogP contribution >= 0.6 is 0 Å². The quantitative estimate of drug-likeness (QED) is 0.520. The molecule has 3 heterocycles. The molecule has 1 atom stereocenters. The standard InChI is InChI=1S/C26H24N4O2/c1-17-6-8-22(9-7-17)30-15-20(14-25(30)31)26(32)27-21-5-3-4-19(13-21)23-16-29-11-10-18(2)12-24(29)28-23/h3-13,16,20H,14-15H2,1-2H3,(H,27,32)/t20-/m0/s1. The average molecular weight is 425 g/mol. The normalized spacial score (nSPS) is 16.0. The van der Waals surface area contributed by atoms with E-state index >= 15 is 0 Å². The van der Waals surface area contributed by atoms with Crippen LogP contribution in [0.5, 0.6) is 0 Å². The second-order valence-corrected chi connectivity index (χ2v) is 8.41. The lowest BCUT2D eigenvalue weighted by atomic mass is 10.1. The van der Waals surface area contributed by atoms with Gasteiger partial charge in [0.2, 0.25) is 11.8 Å². The molecule has 0 bridgehead atoms. The van der Waals surface area contributed by atoms with Gasteiger partial charge < -0.3 is 14.6 Å². The molecule has 0 spiro atoms. The van der Waals surface area contributed by atoms with Crippen LogP contribution in [-0.2, 0) is 9.59 Å². The van der Waals surface area contributed by atoms with E-state index in [1.54, 1.807) is 4.90 Å². The van der Waals surface area contributed by atoms with Gasteiger partial charge in [-0.1, -0.05) is 29.8 Å². The number of hydrogen-bond donors (Lipinski definition) is 1. The van der Waals surface area contributed by atoms with Gasteiger partial charge in [0.25, 0.3) is 0 Å². The summed E-state index contributed by atoms with van der Waals surface area (Å²) in [5, 5.41) is 2.99. The van der Waals surface area contributed by atoms with Crippen molar-refractivity contribution in [2.24, 2.45) is 5.92 Å². The largest absolute Gasteiger partial charge is 0.326 e.